The molecule has 0 fully saturated rings. The van der Waals surface area contributed by atoms with E-state index in [1.807, 2.05) is 6.92 Å². The number of anilines is 2. The first-order chi connectivity index (χ1) is 9.32. The van der Waals surface area contributed by atoms with Gasteiger partial charge in [-0.05, 0) is 24.6 Å². The highest BCUT2D eigenvalue weighted by atomic mass is 32.2. The normalized spacial score (nSPS) is 13.4. The molecule has 3 N–H and O–H groups in total. The molecule has 0 amide bonds. The van der Waals surface area contributed by atoms with Crippen LogP contribution < -0.4 is 11.1 Å². The van der Waals surface area contributed by atoms with Crippen molar-refractivity contribution >= 4 is 21.4 Å². The Kier molecular flexibility index (Phi) is 5.79. The maximum Gasteiger partial charge on any atom is 0.242 e. The lowest BCUT2D eigenvalue weighted by atomic mass is 10.2. The molecule has 0 aliphatic carbocycles. The van der Waals surface area contributed by atoms with Gasteiger partial charge in [-0.3, -0.25) is 0 Å². The molecule has 0 radical (unpaired) electrons. The van der Waals surface area contributed by atoms with E-state index in [4.69, 9.17) is 10.5 Å². The lowest BCUT2D eigenvalue weighted by Gasteiger charge is -2.20. The summed E-state index contributed by atoms with van der Waals surface area (Å²) in [4.78, 5) is 0.214. The van der Waals surface area contributed by atoms with Crippen LogP contribution in [0.15, 0.2) is 23.1 Å². The molecule has 0 saturated heterocycles. The molecule has 0 heterocycles. The average molecular weight is 301 g/mol. The first kappa shape index (κ1) is 16.7. The van der Waals surface area contributed by atoms with Gasteiger partial charge in [-0.15, -0.1) is 0 Å². The number of nitrogens with zero attached hydrogens (tertiary/aromatic N) is 1. The summed E-state index contributed by atoms with van der Waals surface area (Å²) in [5.41, 5.74) is 7.02. The van der Waals surface area contributed by atoms with Gasteiger partial charge in [-0.1, -0.05) is 6.92 Å². The van der Waals surface area contributed by atoms with Crippen LogP contribution in [0, 0.1) is 0 Å². The van der Waals surface area contributed by atoms with Gasteiger partial charge >= 0.3 is 0 Å². The van der Waals surface area contributed by atoms with E-state index < -0.39 is 10.0 Å². The summed E-state index contributed by atoms with van der Waals surface area (Å²) in [6.07, 6.45) is 0.845. The minimum atomic E-state index is -3.46. The second kappa shape index (κ2) is 6.92. The Morgan fingerprint density at radius 1 is 1.40 bits per heavy atom. The number of rotatable bonds is 7. The molecule has 20 heavy (non-hydrogen) atoms. The third kappa shape index (κ3) is 3.84. The van der Waals surface area contributed by atoms with Crippen LogP contribution in [0.25, 0.3) is 0 Å². The van der Waals surface area contributed by atoms with Gasteiger partial charge in [-0.25, -0.2) is 12.7 Å². The second-order valence-electron chi connectivity index (χ2n) is 4.74. The van der Waals surface area contributed by atoms with Crippen LogP contribution in [0.2, 0.25) is 0 Å². The third-order valence-electron chi connectivity index (χ3n) is 3.02. The fraction of sp³-hybridized carbons (Fsp3) is 0.538. The molecule has 0 saturated carbocycles. The molecule has 1 unspecified atom stereocenters. The van der Waals surface area contributed by atoms with E-state index in [9.17, 15) is 8.42 Å². The number of hydrogen-bond donors (Lipinski definition) is 2. The van der Waals surface area contributed by atoms with Crippen molar-refractivity contribution in [1.82, 2.24) is 4.31 Å². The number of methoxy groups -OCH3 is 1. The van der Waals surface area contributed by atoms with Crippen LogP contribution in [-0.2, 0) is 14.8 Å². The van der Waals surface area contributed by atoms with Crippen molar-refractivity contribution in [3.05, 3.63) is 18.2 Å². The van der Waals surface area contributed by atoms with Gasteiger partial charge in [0.05, 0.1) is 22.9 Å². The summed E-state index contributed by atoms with van der Waals surface area (Å²) in [7, 11) is 1.16. The summed E-state index contributed by atoms with van der Waals surface area (Å²) in [6.45, 7) is 2.55. The predicted octanol–water partition coefficient (Wildman–Crippen LogP) is 1.36. The minimum absolute atomic E-state index is 0.0830. The number of nitrogen functional groups attached to an aromatic ring is 1. The Morgan fingerprint density at radius 2 is 2.05 bits per heavy atom. The van der Waals surface area contributed by atoms with Crippen LogP contribution in [-0.4, -0.2) is 46.6 Å². The molecule has 0 aromatic heterocycles. The molecule has 1 aromatic rings. The van der Waals surface area contributed by atoms with Gasteiger partial charge in [0, 0.05) is 27.2 Å². The second-order valence-corrected chi connectivity index (χ2v) is 6.89. The molecule has 1 atom stereocenters. The molecule has 1 rings (SSSR count). The van der Waals surface area contributed by atoms with Crippen molar-refractivity contribution in [3.63, 3.8) is 0 Å². The molecule has 0 spiro atoms. The van der Waals surface area contributed by atoms with Crippen molar-refractivity contribution in [3.8, 4) is 0 Å². The number of hydrogen-bond acceptors (Lipinski definition) is 5. The van der Waals surface area contributed by atoms with Gasteiger partial charge in [0.2, 0.25) is 10.0 Å². The zero-order valence-electron chi connectivity index (χ0n) is 12.4. The monoisotopic (exact) mass is 301 g/mol. The maximum atomic E-state index is 12.1. The Morgan fingerprint density at radius 3 is 2.55 bits per heavy atom. The Hall–Kier alpha value is -1.31. The first-order valence-corrected chi connectivity index (χ1v) is 7.84. The lowest BCUT2D eigenvalue weighted by molar-refractivity contribution is 0.184. The van der Waals surface area contributed by atoms with Crippen molar-refractivity contribution < 1.29 is 13.2 Å². The topological polar surface area (TPSA) is 84.7 Å². The highest BCUT2D eigenvalue weighted by molar-refractivity contribution is 7.89. The largest absolute Gasteiger partial charge is 0.397 e. The molecule has 0 aliphatic rings. The minimum Gasteiger partial charge on any atom is -0.397 e. The number of nitrogens with one attached hydrogen (secondary N) is 1. The smallest absolute Gasteiger partial charge is 0.242 e. The van der Waals surface area contributed by atoms with E-state index in [2.05, 4.69) is 5.32 Å². The maximum absolute atomic E-state index is 12.1. The summed E-state index contributed by atoms with van der Waals surface area (Å²) in [5, 5.41) is 3.22. The summed E-state index contributed by atoms with van der Waals surface area (Å²) < 4.78 is 30.5. The Labute approximate surface area is 121 Å². The van der Waals surface area contributed by atoms with E-state index in [1.54, 1.807) is 19.2 Å². The van der Waals surface area contributed by atoms with Crippen LogP contribution in [0.5, 0.6) is 0 Å². The van der Waals surface area contributed by atoms with Crippen LogP contribution in [0.3, 0.4) is 0 Å². The predicted molar refractivity (Wildman–Crippen MR) is 81.3 cm³/mol. The van der Waals surface area contributed by atoms with Gasteiger partial charge < -0.3 is 15.8 Å². The van der Waals surface area contributed by atoms with Crippen molar-refractivity contribution in [2.45, 2.75) is 24.3 Å². The standard InChI is InChI=1S/C13H23N3O3S/c1-5-10(9-19-4)15-13-8-11(6-7-12(13)14)20(17,18)16(2)3/h6-8,10,15H,5,9,14H2,1-4H3. The molecular formula is C13H23N3O3S. The first-order valence-electron chi connectivity index (χ1n) is 6.40. The molecule has 6 nitrogen and oxygen atoms in total. The molecule has 0 aliphatic heterocycles. The Balaban J connectivity index is 3.09. The number of benzene rings is 1. The van der Waals surface area contributed by atoms with Gasteiger partial charge in [0.15, 0.2) is 0 Å². The zero-order chi connectivity index (χ0) is 15.3. The third-order valence-corrected chi connectivity index (χ3v) is 4.83. The molecule has 7 heteroatoms. The Bertz CT molecular complexity index is 544. The number of sulfonamides is 1. The van der Waals surface area contributed by atoms with Crippen LogP contribution in [0.4, 0.5) is 11.4 Å². The van der Waals surface area contributed by atoms with Crippen LogP contribution in [0.1, 0.15) is 13.3 Å². The lowest BCUT2D eigenvalue weighted by Crippen LogP contribution is -2.25. The summed E-state index contributed by atoms with van der Waals surface area (Å²) >= 11 is 0. The zero-order valence-corrected chi connectivity index (χ0v) is 13.2. The van der Waals surface area contributed by atoms with E-state index in [0.29, 0.717) is 18.0 Å². The van der Waals surface area contributed by atoms with E-state index in [-0.39, 0.29) is 10.9 Å². The fourth-order valence-electron chi connectivity index (χ4n) is 1.71. The summed E-state index contributed by atoms with van der Waals surface area (Å²) in [6, 6.07) is 4.74. The quantitative estimate of drug-likeness (QED) is 0.743. The number of ether oxygens (including phenoxy) is 1. The fourth-order valence-corrected chi connectivity index (χ4v) is 2.64. The van der Waals surface area contributed by atoms with Crippen molar-refractivity contribution in [2.24, 2.45) is 0 Å². The van der Waals surface area contributed by atoms with Gasteiger partial charge in [0.25, 0.3) is 0 Å². The van der Waals surface area contributed by atoms with E-state index in [1.165, 1.54) is 24.5 Å². The van der Waals surface area contributed by atoms with E-state index >= 15 is 0 Å². The average Bonchev–Trinajstić information content (AvgIpc) is 2.40. The highest BCUT2D eigenvalue weighted by Crippen LogP contribution is 2.25. The molecule has 114 valence electrons. The molecular weight excluding hydrogens is 278 g/mol. The van der Waals surface area contributed by atoms with Crippen molar-refractivity contribution in [2.75, 3.05) is 38.9 Å². The van der Waals surface area contributed by atoms with Crippen molar-refractivity contribution in [1.29, 1.82) is 0 Å². The van der Waals surface area contributed by atoms with Gasteiger partial charge in [0.1, 0.15) is 0 Å². The SMILES string of the molecule is CCC(COC)Nc1cc(S(=O)(=O)N(C)C)ccc1N. The van der Waals surface area contributed by atoms with Gasteiger partial charge in [-0.2, -0.15) is 0 Å². The highest BCUT2D eigenvalue weighted by Gasteiger charge is 2.19. The molecule has 0 bridgehead atoms. The van der Waals surface area contributed by atoms with Crippen LogP contribution >= 0.6 is 0 Å². The van der Waals surface area contributed by atoms with E-state index in [0.717, 1.165) is 6.42 Å². The summed E-state index contributed by atoms with van der Waals surface area (Å²) in [5.74, 6) is 0. The number of nitrogens with two attached hydrogens (primary N) is 1. The molecule has 1 aromatic carbocycles.